The van der Waals surface area contributed by atoms with Gasteiger partial charge in [0.25, 0.3) is 5.91 Å². The van der Waals surface area contributed by atoms with Crippen molar-refractivity contribution in [2.24, 2.45) is 0 Å². The molecule has 5 nitrogen and oxygen atoms in total. The van der Waals surface area contributed by atoms with Crippen LogP contribution in [0.4, 0.5) is 11.4 Å². The van der Waals surface area contributed by atoms with Gasteiger partial charge in [0.15, 0.2) is 6.61 Å². The lowest BCUT2D eigenvalue weighted by molar-refractivity contribution is -0.121. The molecule has 2 aromatic carbocycles. The first-order valence-corrected chi connectivity index (χ1v) is 9.26. The molecule has 0 spiro atoms. The normalized spacial score (nSPS) is 13.4. The van der Waals surface area contributed by atoms with Crippen molar-refractivity contribution in [3.63, 3.8) is 0 Å². The second kappa shape index (κ2) is 8.73. The van der Waals surface area contributed by atoms with Crippen LogP contribution in [-0.4, -0.2) is 25.0 Å². The lowest BCUT2D eigenvalue weighted by Gasteiger charge is -2.29. The summed E-state index contributed by atoms with van der Waals surface area (Å²) in [6, 6.07) is 12.5. The van der Waals surface area contributed by atoms with Crippen LogP contribution in [0.15, 0.2) is 48.5 Å². The predicted molar refractivity (Wildman–Crippen MR) is 108 cm³/mol. The van der Waals surface area contributed by atoms with E-state index in [0.717, 1.165) is 18.4 Å². The Morgan fingerprint density at radius 3 is 2.78 bits per heavy atom. The molecule has 0 atom stereocenters. The highest BCUT2D eigenvalue weighted by Gasteiger charge is 2.25. The first kappa shape index (κ1) is 19.0. The van der Waals surface area contributed by atoms with E-state index in [4.69, 9.17) is 16.3 Å². The zero-order valence-electron chi connectivity index (χ0n) is 15.1. The number of amides is 2. The van der Waals surface area contributed by atoms with E-state index < -0.39 is 0 Å². The fraction of sp³-hybridized carbons (Fsp3) is 0.238. The quantitative estimate of drug-likeness (QED) is 0.745. The number of unbranched alkanes of at least 4 members (excludes halogenated alkanes) is 1. The van der Waals surface area contributed by atoms with Crippen LogP contribution in [-0.2, 0) is 9.59 Å². The molecule has 0 saturated heterocycles. The van der Waals surface area contributed by atoms with Gasteiger partial charge in [-0.1, -0.05) is 37.1 Å². The smallest absolute Gasteiger partial charge is 0.265 e. The summed E-state index contributed by atoms with van der Waals surface area (Å²) in [5, 5.41) is 3.47. The molecule has 6 heteroatoms. The van der Waals surface area contributed by atoms with E-state index in [1.165, 1.54) is 6.08 Å². The molecule has 2 aromatic rings. The Balaban J connectivity index is 1.72. The number of carbonyl (C=O) groups is 2. The van der Waals surface area contributed by atoms with Crippen LogP contribution in [0.1, 0.15) is 25.3 Å². The van der Waals surface area contributed by atoms with E-state index in [1.54, 1.807) is 41.3 Å². The summed E-state index contributed by atoms with van der Waals surface area (Å²) in [5.41, 5.74) is 2.18. The molecule has 140 valence electrons. The summed E-state index contributed by atoms with van der Waals surface area (Å²) < 4.78 is 5.49. The zero-order chi connectivity index (χ0) is 19.2. The van der Waals surface area contributed by atoms with Crippen molar-refractivity contribution < 1.29 is 14.3 Å². The summed E-state index contributed by atoms with van der Waals surface area (Å²) in [6.07, 6.45) is 5.07. The minimum atomic E-state index is -0.256. The maximum Gasteiger partial charge on any atom is 0.265 e. The second-order valence-corrected chi connectivity index (χ2v) is 6.68. The van der Waals surface area contributed by atoms with Gasteiger partial charge in [0.05, 0.1) is 5.69 Å². The van der Waals surface area contributed by atoms with Crippen LogP contribution in [0.3, 0.4) is 0 Å². The number of ether oxygens (including phenoxy) is 1. The largest absolute Gasteiger partial charge is 0.482 e. The molecular weight excluding hydrogens is 364 g/mol. The summed E-state index contributed by atoms with van der Waals surface area (Å²) in [4.78, 5) is 26.1. The van der Waals surface area contributed by atoms with Crippen molar-refractivity contribution in [1.29, 1.82) is 0 Å². The Hall–Kier alpha value is -2.79. The Kier molecular flexibility index (Phi) is 6.14. The average molecular weight is 385 g/mol. The van der Waals surface area contributed by atoms with Crippen molar-refractivity contribution >= 4 is 40.9 Å². The van der Waals surface area contributed by atoms with Gasteiger partial charge in [-0.15, -0.1) is 0 Å². The van der Waals surface area contributed by atoms with Gasteiger partial charge in [-0.05, 0) is 48.4 Å². The van der Waals surface area contributed by atoms with E-state index in [-0.39, 0.29) is 18.4 Å². The summed E-state index contributed by atoms with van der Waals surface area (Å²) >= 11 is 5.85. The highest BCUT2D eigenvalue weighted by molar-refractivity contribution is 6.30. The van der Waals surface area contributed by atoms with Crippen LogP contribution in [0, 0.1) is 0 Å². The molecule has 0 saturated carbocycles. The van der Waals surface area contributed by atoms with E-state index in [1.807, 2.05) is 12.1 Å². The van der Waals surface area contributed by atoms with Gasteiger partial charge in [-0.2, -0.15) is 0 Å². The number of hydrogen-bond acceptors (Lipinski definition) is 3. The van der Waals surface area contributed by atoms with Gasteiger partial charge in [-0.25, -0.2) is 0 Å². The minimum Gasteiger partial charge on any atom is -0.482 e. The molecule has 1 N–H and O–H groups in total. The number of halogens is 1. The highest BCUT2D eigenvalue weighted by Crippen LogP contribution is 2.34. The van der Waals surface area contributed by atoms with Crippen LogP contribution < -0.4 is 15.0 Å². The number of nitrogens with zero attached hydrogens (tertiary/aromatic N) is 1. The van der Waals surface area contributed by atoms with Gasteiger partial charge < -0.3 is 15.0 Å². The third-order valence-corrected chi connectivity index (χ3v) is 4.45. The summed E-state index contributed by atoms with van der Waals surface area (Å²) in [6.45, 7) is 2.77. The molecule has 2 amide bonds. The third kappa shape index (κ3) is 4.89. The number of benzene rings is 2. The fourth-order valence-electron chi connectivity index (χ4n) is 2.77. The van der Waals surface area contributed by atoms with E-state index in [9.17, 15) is 9.59 Å². The molecule has 27 heavy (non-hydrogen) atoms. The number of rotatable bonds is 6. The van der Waals surface area contributed by atoms with Crippen LogP contribution in [0.5, 0.6) is 5.75 Å². The molecule has 0 unspecified atom stereocenters. The number of hydrogen-bond donors (Lipinski definition) is 1. The van der Waals surface area contributed by atoms with E-state index in [2.05, 4.69) is 12.2 Å². The summed E-state index contributed by atoms with van der Waals surface area (Å²) in [5.74, 6) is 0.329. The monoisotopic (exact) mass is 384 g/mol. The second-order valence-electron chi connectivity index (χ2n) is 6.24. The van der Waals surface area contributed by atoms with Gasteiger partial charge in [0.2, 0.25) is 5.91 Å². The predicted octanol–water partition coefficient (Wildman–Crippen LogP) is 4.52. The Bertz CT molecular complexity index is 862. The first-order chi connectivity index (χ1) is 13.1. The Labute approximate surface area is 163 Å². The van der Waals surface area contributed by atoms with Crippen LogP contribution in [0.25, 0.3) is 6.08 Å². The van der Waals surface area contributed by atoms with Crippen LogP contribution >= 0.6 is 11.6 Å². The molecule has 1 heterocycles. The number of carbonyl (C=O) groups excluding carboxylic acids is 2. The molecule has 3 rings (SSSR count). The molecule has 1 aliphatic heterocycles. The SMILES string of the molecule is CCCCN1C(=O)COc2ccc(NC(=O)/C=C/c3ccc(Cl)cc3)cc21. The van der Waals surface area contributed by atoms with E-state index >= 15 is 0 Å². The Morgan fingerprint density at radius 1 is 1.26 bits per heavy atom. The molecule has 0 radical (unpaired) electrons. The minimum absolute atomic E-state index is 0.0479. The lowest BCUT2D eigenvalue weighted by atomic mass is 10.2. The first-order valence-electron chi connectivity index (χ1n) is 8.88. The van der Waals surface area contributed by atoms with Crippen LogP contribution in [0.2, 0.25) is 5.02 Å². The molecule has 1 aliphatic rings. The number of nitrogens with one attached hydrogen (secondary N) is 1. The van der Waals surface area contributed by atoms with Gasteiger partial charge in [0.1, 0.15) is 5.75 Å². The molecule has 0 fully saturated rings. The van der Waals surface area contributed by atoms with Crippen molar-refractivity contribution in [2.75, 3.05) is 23.4 Å². The number of anilines is 2. The fourth-order valence-corrected chi connectivity index (χ4v) is 2.90. The van der Waals surface area contributed by atoms with Crippen molar-refractivity contribution in [3.05, 3.63) is 59.1 Å². The van der Waals surface area contributed by atoms with Crippen molar-refractivity contribution in [2.45, 2.75) is 19.8 Å². The van der Waals surface area contributed by atoms with Gasteiger partial charge in [0, 0.05) is 23.3 Å². The lowest BCUT2D eigenvalue weighted by Crippen LogP contribution is -2.39. The maximum absolute atomic E-state index is 12.2. The number of fused-ring (bicyclic) bond motifs is 1. The topological polar surface area (TPSA) is 58.6 Å². The molecule has 0 aromatic heterocycles. The Morgan fingerprint density at radius 2 is 2.04 bits per heavy atom. The standard InChI is InChI=1S/C21H21ClN2O3/c1-2-3-12-24-18-13-17(9-10-19(18)27-14-21(24)26)23-20(25)11-6-15-4-7-16(22)8-5-15/h4-11,13H,2-3,12,14H2,1H3,(H,23,25)/b11-6+. The van der Waals surface area contributed by atoms with Gasteiger partial charge in [-0.3, -0.25) is 9.59 Å². The highest BCUT2D eigenvalue weighted by atomic mass is 35.5. The van der Waals surface area contributed by atoms with Crippen molar-refractivity contribution in [1.82, 2.24) is 0 Å². The molecule has 0 aliphatic carbocycles. The summed E-state index contributed by atoms with van der Waals surface area (Å²) in [7, 11) is 0. The maximum atomic E-state index is 12.2. The third-order valence-electron chi connectivity index (χ3n) is 4.20. The molecular formula is C21H21ClN2O3. The van der Waals surface area contributed by atoms with Crippen molar-refractivity contribution in [3.8, 4) is 5.75 Å². The average Bonchev–Trinajstić information content (AvgIpc) is 2.67. The zero-order valence-corrected chi connectivity index (χ0v) is 15.8. The molecule has 0 bridgehead atoms. The van der Waals surface area contributed by atoms with Gasteiger partial charge >= 0.3 is 0 Å². The van der Waals surface area contributed by atoms with E-state index in [0.29, 0.717) is 28.7 Å².